The number of likely N-dealkylation sites (tertiary alicyclic amines) is 1. The maximum absolute atomic E-state index is 15.8. The number of alkyl halides is 1. The molecule has 1 aliphatic heterocycles. The van der Waals surface area contributed by atoms with E-state index in [-0.39, 0.29) is 17.5 Å². The van der Waals surface area contributed by atoms with E-state index in [0.29, 0.717) is 42.3 Å². The van der Waals surface area contributed by atoms with Gasteiger partial charge in [0.1, 0.15) is 22.9 Å². The summed E-state index contributed by atoms with van der Waals surface area (Å²) in [7, 11) is 2.04. The van der Waals surface area contributed by atoms with Crippen LogP contribution in [0.4, 0.5) is 8.78 Å². The van der Waals surface area contributed by atoms with E-state index < -0.39 is 11.5 Å². The first-order valence-electron chi connectivity index (χ1n) is 15.3. The number of nitrogens with zero attached hydrogens (tertiary/aromatic N) is 3. The SMILES string of the molecule is C/C=C(\C=N)c1cc(C(=O)NC2CC2)c(F)cc1C.CCOc1cc2ncc([C@H](C)CC)n2cc1C1(F)CCN(C)CC1. The van der Waals surface area contributed by atoms with Crippen molar-refractivity contribution in [2.75, 3.05) is 26.7 Å². The Morgan fingerprint density at radius 3 is 2.51 bits per heavy atom. The van der Waals surface area contributed by atoms with Crippen molar-refractivity contribution in [1.82, 2.24) is 19.6 Å². The number of piperidine rings is 1. The molecule has 2 fully saturated rings. The number of carbonyl (C=O) groups excluding carboxylic acids is 1. The highest BCUT2D eigenvalue weighted by Gasteiger charge is 2.38. The second-order valence-corrected chi connectivity index (χ2v) is 11.8. The summed E-state index contributed by atoms with van der Waals surface area (Å²) in [5, 5.41) is 10.1. The summed E-state index contributed by atoms with van der Waals surface area (Å²) in [5.74, 6) is 0.138. The standard InChI is InChI=1S/C19H28FN3O.C15H17FN2O/c1-5-14(3)16-12-21-18-11-17(24-6-2)15(13-23(16)18)19(20)7-9-22(4)10-8-19;1-3-10(8-17)12-7-13(14(16)6-9(12)2)15(19)18-11-4-5-11/h11-14H,5-10H2,1-4H3;3,6-8,11,17H,4-5H2,1-2H3,(H,18,19)/b;10-3+,17-8?/t14-;/m1./s1. The molecule has 1 amide bonds. The number of allylic oxidation sites excluding steroid dienone is 2. The maximum Gasteiger partial charge on any atom is 0.254 e. The van der Waals surface area contributed by atoms with E-state index >= 15 is 4.39 Å². The number of halogens is 2. The highest BCUT2D eigenvalue weighted by Crippen LogP contribution is 2.42. The Morgan fingerprint density at radius 1 is 1.23 bits per heavy atom. The number of amides is 1. The molecule has 1 saturated heterocycles. The van der Waals surface area contributed by atoms with Crippen molar-refractivity contribution in [3.05, 3.63) is 70.4 Å². The zero-order valence-electron chi connectivity index (χ0n) is 26.3. The van der Waals surface area contributed by atoms with Crippen LogP contribution in [-0.2, 0) is 5.67 Å². The van der Waals surface area contributed by atoms with Crippen LogP contribution >= 0.6 is 0 Å². The lowest BCUT2D eigenvalue weighted by Gasteiger charge is -2.35. The van der Waals surface area contributed by atoms with Gasteiger partial charge in [-0.25, -0.2) is 13.8 Å². The molecule has 1 aromatic carbocycles. The number of benzene rings is 1. The van der Waals surface area contributed by atoms with Gasteiger partial charge in [0.15, 0.2) is 0 Å². The van der Waals surface area contributed by atoms with Crippen molar-refractivity contribution in [2.24, 2.45) is 0 Å². The molecule has 1 saturated carbocycles. The molecule has 2 aromatic heterocycles. The zero-order valence-corrected chi connectivity index (χ0v) is 26.3. The molecule has 3 heterocycles. The zero-order chi connectivity index (χ0) is 31.3. The van der Waals surface area contributed by atoms with E-state index in [0.717, 1.165) is 54.8 Å². The largest absolute Gasteiger partial charge is 0.493 e. The Hall–Kier alpha value is -3.59. The summed E-state index contributed by atoms with van der Waals surface area (Å²) in [6, 6.07) is 4.97. The smallest absolute Gasteiger partial charge is 0.254 e. The molecule has 9 heteroatoms. The van der Waals surface area contributed by atoms with Gasteiger partial charge in [-0.05, 0) is 94.7 Å². The van der Waals surface area contributed by atoms with Crippen LogP contribution in [0.15, 0.2) is 36.7 Å². The number of imidazole rings is 1. The number of carbonyl (C=O) groups is 1. The topological polar surface area (TPSA) is 82.7 Å². The lowest BCUT2D eigenvalue weighted by Crippen LogP contribution is -2.38. The van der Waals surface area contributed by atoms with Crippen LogP contribution < -0.4 is 10.1 Å². The summed E-state index contributed by atoms with van der Waals surface area (Å²) in [6.45, 7) is 11.9. The first-order chi connectivity index (χ1) is 20.5. The van der Waals surface area contributed by atoms with E-state index in [1.807, 2.05) is 43.8 Å². The molecule has 0 radical (unpaired) electrons. The molecule has 1 atom stereocenters. The second-order valence-electron chi connectivity index (χ2n) is 11.8. The molecule has 0 bridgehead atoms. The van der Waals surface area contributed by atoms with Crippen LogP contribution in [0.5, 0.6) is 5.75 Å². The summed E-state index contributed by atoms with van der Waals surface area (Å²) >= 11 is 0. The Bertz CT molecular complexity index is 1490. The average Bonchev–Trinajstić information content (AvgIpc) is 3.71. The highest BCUT2D eigenvalue weighted by atomic mass is 19.1. The molecule has 0 unspecified atom stereocenters. The molecule has 3 aromatic rings. The van der Waals surface area contributed by atoms with Crippen LogP contribution in [0.3, 0.4) is 0 Å². The van der Waals surface area contributed by atoms with Crippen molar-refractivity contribution < 1.29 is 18.3 Å². The second kappa shape index (κ2) is 13.8. The van der Waals surface area contributed by atoms with Gasteiger partial charge >= 0.3 is 0 Å². The van der Waals surface area contributed by atoms with Gasteiger partial charge in [0.25, 0.3) is 5.91 Å². The Morgan fingerprint density at radius 2 is 1.93 bits per heavy atom. The van der Waals surface area contributed by atoms with Gasteiger partial charge in [-0.2, -0.15) is 0 Å². The van der Waals surface area contributed by atoms with Crippen molar-refractivity contribution in [1.29, 1.82) is 5.41 Å². The van der Waals surface area contributed by atoms with E-state index in [1.54, 1.807) is 13.0 Å². The van der Waals surface area contributed by atoms with Crippen LogP contribution in [0.1, 0.15) is 98.5 Å². The van der Waals surface area contributed by atoms with Crippen LogP contribution in [0.2, 0.25) is 0 Å². The summed E-state index contributed by atoms with van der Waals surface area (Å²) in [4.78, 5) is 18.6. The first-order valence-corrected chi connectivity index (χ1v) is 15.3. The minimum atomic E-state index is -1.33. The van der Waals surface area contributed by atoms with Crippen molar-refractivity contribution >= 4 is 23.3 Å². The number of ether oxygens (including phenoxy) is 1. The fourth-order valence-corrected chi connectivity index (χ4v) is 5.42. The van der Waals surface area contributed by atoms with Crippen molar-refractivity contribution in [3.8, 4) is 5.75 Å². The van der Waals surface area contributed by atoms with Gasteiger partial charge in [-0.3, -0.25) is 4.79 Å². The average molecular weight is 594 g/mol. The van der Waals surface area contributed by atoms with Crippen molar-refractivity contribution in [3.63, 3.8) is 0 Å². The number of aryl methyl sites for hydroxylation is 1. The minimum absolute atomic E-state index is 0.0497. The Kier molecular flexibility index (Phi) is 10.4. The summed E-state index contributed by atoms with van der Waals surface area (Å²) in [6.07, 6.45) is 10.8. The molecule has 1 aliphatic carbocycles. The molecule has 7 nitrogen and oxygen atoms in total. The number of aromatic nitrogens is 2. The molecule has 5 rings (SSSR count). The minimum Gasteiger partial charge on any atom is -0.493 e. The summed E-state index contributed by atoms with van der Waals surface area (Å²) in [5.41, 5.74) is 3.47. The number of fused-ring (bicyclic) bond motifs is 1. The Labute approximate surface area is 253 Å². The molecule has 2 aliphatic rings. The normalized spacial score (nSPS) is 17.6. The van der Waals surface area contributed by atoms with Gasteiger partial charge < -0.3 is 24.8 Å². The maximum atomic E-state index is 15.8. The first kappa shape index (κ1) is 32.3. The van der Waals surface area contributed by atoms with Crippen LogP contribution in [0.25, 0.3) is 11.2 Å². The lowest BCUT2D eigenvalue weighted by molar-refractivity contribution is 0.0640. The van der Waals surface area contributed by atoms with Gasteiger partial charge in [0, 0.05) is 55.1 Å². The number of hydrogen-bond donors (Lipinski definition) is 2. The molecular formula is C34H45F2N5O2. The van der Waals surface area contributed by atoms with Crippen molar-refractivity contribution in [2.45, 2.75) is 84.4 Å². The highest BCUT2D eigenvalue weighted by molar-refractivity contribution is 6.09. The predicted molar refractivity (Wildman–Crippen MR) is 169 cm³/mol. The van der Waals surface area contributed by atoms with Gasteiger partial charge in [-0.1, -0.05) is 19.9 Å². The van der Waals surface area contributed by atoms with E-state index in [4.69, 9.17) is 10.1 Å². The van der Waals surface area contributed by atoms with Crippen LogP contribution in [0, 0.1) is 18.2 Å². The number of nitrogens with one attached hydrogen (secondary N) is 2. The van der Waals surface area contributed by atoms with Gasteiger partial charge in [-0.15, -0.1) is 0 Å². The monoisotopic (exact) mass is 593 g/mol. The summed E-state index contributed by atoms with van der Waals surface area (Å²) < 4.78 is 37.5. The van der Waals surface area contributed by atoms with Gasteiger partial charge in [0.05, 0.1) is 12.2 Å². The molecule has 2 N–H and O–H groups in total. The van der Waals surface area contributed by atoms with E-state index in [2.05, 4.69) is 29.0 Å². The molecular weight excluding hydrogens is 548 g/mol. The third-order valence-electron chi connectivity index (χ3n) is 8.57. The molecule has 232 valence electrons. The molecule has 43 heavy (non-hydrogen) atoms. The van der Waals surface area contributed by atoms with Crippen LogP contribution in [-0.4, -0.2) is 59.2 Å². The third kappa shape index (κ3) is 7.32. The predicted octanol–water partition coefficient (Wildman–Crippen LogP) is 7.22. The Balaban J connectivity index is 0.000000203. The van der Waals surface area contributed by atoms with E-state index in [1.165, 1.54) is 18.3 Å². The molecule has 0 spiro atoms. The fraction of sp³-hybridized carbons (Fsp3) is 0.500. The lowest BCUT2D eigenvalue weighted by atomic mass is 9.86. The van der Waals surface area contributed by atoms with E-state index in [9.17, 15) is 9.18 Å². The number of rotatable bonds is 9. The number of pyridine rings is 1. The third-order valence-corrected chi connectivity index (χ3v) is 8.57. The van der Waals surface area contributed by atoms with Gasteiger partial charge in [0.2, 0.25) is 0 Å². The number of hydrogen-bond acceptors (Lipinski definition) is 5. The quantitative estimate of drug-likeness (QED) is 0.257. The fourth-order valence-electron chi connectivity index (χ4n) is 5.42.